The molecule has 0 saturated heterocycles. The predicted octanol–water partition coefficient (Wildman–Crippen LogP) is 2.73. The van der Waals surface area contributed by atoms with E-state index in [-0.39, 0.29) is 0 Å². The maximum atomic E-state index is 4.43. The van der Waals surface area contributed by atoms with E-state index in [4.69, 9.17) is 0 Å². The highest BCUT2D eigenvalue weighted by molar-refractivity contribution is 5.56. The highest BCUT2D eigenvalue weighted by atomic mass is 15.3. The van der Waals surface area contributed by atoms with Crippen LogP contribution in [0.2, 0.25) is 0 Å². The van der Waals surface area contributed by atoms with Crippen LogP contribution < -0.4 is 5.32 Å². The zero-order chi connectivity index (χ0) is 11.8. The van der Waals surface area contributed by atoms with Crippen LogP contribution in [0.3, 0.4) is 0 Å². The first-order chi connectivity index (χ1) is 8.28. The van der Waals surface area contributed by atoms with Crippen molar-refractivity contribution in [3.05, 3.63) is 46.8 Å². The fraction of sp³-hybridized carbons (Fsp3) is 0.357. The predicted molar refractivity (Wildman–Crippen MR) is 69.2 cm³/mol. The van der Waals surface area contributed by atoms with Crippen LogP contribution in [0.4, 0.5) is 5.69 Å². The van der Waals surface area contributed by atoms with Gasteiger partial charge in [0.05, 0.1) is 6.20 Å². The Kier molecular flexibility index (Phi) is 2.39. The van der Waals surface area contributed by atoms with Gasteiger partial charge in [0.2, 0.25) is 0 Å². The van der Waals surface area contributed by atoms with Crippen LogP contribution in [-0.4, -0.2) is 9.78 Å². The second kappa shape index (κ2) is 3.91. The number of hydrogen-bond acceptors (Lipinski definition) is 2. The molecule has 0 spiro atoms. The van der Waals surface area contributed by atoms with Gasteiger partial charge in [-0.15, -0.1) is 0 Å². The first kappa shape index (κ1) is 10.4. The second-order valence-corrected chi connectivity index (χ2v) is 4.62. The molecule has 0 fully saturated rings. The Bertz CT molecular complexity index is 555. The molecule has 1 N–H and O–H groups in total. The number of aromatic nitrogens is 2. The molecule has 17 heavy (non-hydrogen) atoms. The Labute approximate surface area is 101 Å². The molecule has 1 aliphatic rings. The third-order valence-corrected chi connectivity index (χ3v) is 3.42. The van der Waals surface area contributed by atoms with Crippen LogP contribution >= 0.6 is 0 Å². The van der Waals surface area contributed by atoms with Gasteiger partial charge in [-0.1, -0.05) is 17.7 Å². The van der Waals surface area contributed by atoms with Crippen molar-refractivity contribution in [3.63, 3.8) is 0 Å². The van der Waals surface area contributed by atoms with Crippen molar-refractivity contribution < 1.29 is 0 Å². The molecule has 0 aliphatic carbocycles. The Morgan fingerprint density at radius 3 is 3.06 bits per heavy atom. The van der Waals surface area contributed by atoms with Gasteiger partial charge < -0.3 is 5.32 Å². The minimum absolute atomic E-state index is 0.880. The van der Waals surface area contributed by atoms with Crippen molar-refractivity contribution in [2.75, 3.05) is 5.32 Å². The van der Waals surface area contributed by atoms with Gasteiger partial charge in [-0.05, 0) is 25.5 Å². The maximum Gasteiger partial charge on any atom is 0.0542 e. The molecule has 0 bridgehead atoms. The first-order valence-corrected chi connectivity index (χ1v) is 6.15. The van der Waals surface area contributed by atoms with E-state index in [9.17, 15) is 0 Å². The number of nitrogens with one attached hydrogen (secondary N) is 1. The van der Waals surface area contributed by atoms with E-state index in [2.05, 4.69) is 47.1 Å². The number of rotatable bonds is 1. The summed E-state index contributed by atoms with van der Waals surface area (Å²) >= 11 is 0. The van der Waals surface area contributed by atoms with E-state index in [1.807, 2.05) is 6.20 Å². The van der Waals surface area contributed by atoms with Gasteiger partial charge in [0, 0.05) is 36.5 Å². The zero-order valence-corrected chi connectivity index (χ0v) is 10.3. The number of benzene rings is 1. The molecule has 2 heterocycles. The van der Waals surface area contributed by atoms with Crippen molar-refractivity contribution in [1.29, 1.82) is 0 Å². The summed E-state index contributed by atoms with van der Waals surface area (Å²) in [6.45, 7) is 6.10. The molecule has 0 saturated carbocycles. The number of anilines is 1. The van der Waals surface area contributed by atoms with Crippen LogP contribution in [0.1, 0.15) is 29.3 Å². The highest BCUT2D eigenvalue weighted by Gasteiger charge is 2.16. The lowest BCUT2D eigenvalue weighted by atomic mass is 10.0. The Balaban J connectivity index is 2.08. The van der Waals surface area contributed by atoms with Gasteiger partial charge in [-0.25, -0.2) is 0 Å². The smallest absolute Gasteiger partial charge is 0.0542 e. The van der Waals surface area contributed by atoms with Crippen molar-refractivity contribution in [2.24, 2.45) is 0 Å². The fourth-order valence-electron chi connectivity index (χ4n) is 2.49. The molecule has 1 aromatic carbocycles. The summed E-state index contributed by atoms with van der Waals surface area (Å²) in [5.41, 5.74) is 6.62. The molecule has 1 aliphatic heterocycles. The van der Waals surface area contributed by atoms with Gasteiger partial charge >= 0.3 is 0 Å². The van der Waals surface area contributed by atoms with Crippen LogP contribution in [0.15, 0.2) is 24.4 Å². The molecule has 0 unspecified atom stereocenters. The van der Waals surface area contributed by atoms with Crippen LogP contribution in [0.5, 0.6) is 0 Å². The van der Waals surface area contributed by atoms with Crippen molar-refractivity contribution in [3.8, 4) is 0 Å². The molecule has 0 amide bonds. The van der Waals surface area contributed by atoms with E-state index in [0.717, 1.165) is 19.5 Å². The van der Waals surface area contributed by atoms with E-state index in [0.29, 0.717) is 0 Å². The summed E-state index contributed by atoms with van der Waals surface area (Å²) in [4.78, 5) is 0. The molecule has 1 aromatic heterocycles. The lowest BCUT2D eigenvalue weighted by Gasteiger charge is -2.09. The fourth-order valence-corrected chi connectivity index (χ4v) is 2.49. The molecule has 0 atom stereocenters. The summed E-state index contributed by atoms with van der Waals surface area (Å²) < 4.78 is 2.11. The molecule has 88 valence electrons. The van der Waals surface area contributed by atoms with Crippen molar-refractivity contribution in [2.45, 2.75) is 33.4 Å². The molecule has 3 heteroatoms. The molecular weight excluding hydrogens is 210 g/mol. The summed E-state index contributed by atoms with van der Waals surface area (Å²) in [6.07, 6.45) is 2.97. The van der Waals surface area contributed by atoms with E-state index in [1.54, 1.807) is 0 Å². The minimum atomic E-state index is 0.880. The van der Waals surface area contributed by atoms with E-state index in [1.165, 1.54) is 28.1 Å². The summed E-state index contributed by atoms with van der Waals surface area (Å²) in [5, 5.41) is 7.92. The summed E-state index contributed by atoms with van der Waals surface area (Å²) in [7, 11) is 0. The Hall–Kier alpha value is -1.77. The normalized spacial score (nSPS) is 13.5. The summed E-state index contributed by atoms with van der Waals surface area (Å²) in [5.74, 6) is 0. The topological polar surface area (TPSA) is 29.9 Å². The average Bonchev–Trinajstić information content (AvgIpc) is 2.62. The molecule has 3 rings (SSSR count). The molecule has 3 nitrogen and oxygen atoms in total. The van der Waals surface area contributed by atoms with Crippen LogP contribution in [0.25, 0.3) is 0 Å². The average molecular weight is 227 g/mol. The SMILES string of the molecule is CCn1ncc2c1Cc1cc(C)ccc1NC2. The largest absolute Gasteiger partial charge is 0.381 e. The molecule has 0 radical (unpaired) electrons. The molecular formula is C14H17N3. The Morgan fingerprint density at radius 1 is 1.35 bits per heavy atom. The zero-order valence-electron chi connectivity index (χ0n) is 10.3. The number of hydrogen-bond donors (Lipinski definition) is 1. The monoisotopic (exact) mass is 227 g/mol. The third-order valence-electron chi connectivity index (χ3n) is 3.42. The van der Waals surface area contributed by atoms with Gasteiger partial charge in [0.15, 0.2) is 0 Å². The van der Waals surface area contributed by atoms with Crippen molar-refractivity contribution >= 4 is 5.69 Å². The maximum absolute atomic E-state index is 4.43. The van der Waals surface area contributed by atoms with Crippen LogP contribution in [0, 0.1) is 6.92 Å². The minimum Gasteiger partial charge on any atom is -0.381 e. The number of aryl methyl sites for hydroxylation is 2. The highest BCUT2D eigenvalue weighted by Crippen LogP contribution is 2.26. The third kappa shape index (κ3) is 1.71. The van der Waals surface area contributed by atoms with Crippen molar-refractivity contribution in [1.82, 2.24) is 9.78 Å². The van der Waals surface area contributed by atoms with Crippen LogP contribution in [-0.2, 0) is 19.5 Å². The first-order valence-electron chi connectivity index (χ1n) is 6.15. The van der Waals surface area contributed by atoms with E-state index < -0.39 is 0 Å². The quantitative estimate of drug-likeness (QED) is 0.811. The van der Waals surface area contributed by atoms with E-state index >= 15 is 0 Å². The summed E-state index contributed by atoms with van der Waals surface area (Å²) in [6, 6.07) is 6.61. The van der Waals surface area contributed by atoms with Gasteiger partial charge in [-0.2, -0.15) is 5.10 Å². The number of fused-ring (bicyclic) bond motifs is 2. The van der Waals surface area contributed by atoms with Gasteiger partial charge in [0.1, 0.15) is 0 Å². The van der Waals surface area contributed by atoms with Gasteiger partial charge in [-0.3, -0.25) is 4.68 Å². The second-order valence-electron chi connectivity index (χ2n) is 4.62. The standard InChI is InChI=1S/C14H17N3/c1-3-17-14-7-11-6-10(2)4-5-13(11)15-8-12(14)9-16-17/h4-6,9,15H,3,7-8H2,1-2H3. The Morgan fingerprint density at radius 2 is 2.24 bits per heavy atom. The molecule has 2 aromatic rings. The number of nitrogens with zero attached hydrogens (tertiary/aromatic N) is 2. The van der Waals surface area contributed by atoms with Gasteiger partial charge in [0.25, 0.3) is 0 Å². The lowest BCUT2D eigenvalue weighted by Crippen LogP contribution is -2.04. The lowest BCUT2D eigenvalue weighted by molar-refractivity contribution is 0.629.